The van der Waals surface area contributed by atoms with Gasteiger partial charge >= 0.3 is 0 Å². The van der Waals surface area contributed by atoms with Crippen molar-refractivity contribution < 1.29 is 54.0 Å². The summed E-state index contributed by atoms with van der Waals surface area (Å²) in [5, 5.41) is 49.6. The van der Waals surface area contributed by atoms with Gasteiger partial charge in [-0.3, -0.25) is 0 Å². The van der Waals surface area contributed by atoms with Gasteiger partial charge in [-0.1, -0.05) is 6.07 Å². The van der Waals surface area contributed by atoms with Crippen LogP contribution in [0.4, 0.5) is 0 Å². The first kappa shape index (κ1) is 27.2. The molecule has 5 N–H and O–H groups in total. The van der Waals surface area contributed by atoms with Gasteiger partial charge < -0.3 is 54.0 Å². The highest BCUT2D eigenvalue weighted by molar-refractivity contribution is 5.58. The van der Waals surface area contributed by atoms with E-state index in [0.29, 0.717) is 29.9 Å². The number of aliphatic hydroxyl groups excluding tert-OH is 5. The predicted molar refractivity (Wildman–Crippen MR) is 130 cm³/mol. The lowest BCUT2D eigenvalue weighted by atomic mass is 9.90. The highest BCUT2D eigenvalue weighted by atomic mass is 16.7. The molecule has 37 heavy (non-hydrogen) atoms. The summed E-state index contributed by atoms with van der Waals surface area (Å²) in [5.74, 6) is 1.27. The van der Waals surface area contributed by atoms with Crippen LogP contribution in [0.2, 0.25) is 0 Å². The zero-order chi connectivity index (χ0) is 26.7. The average molecular weight is 523 g/mol. The van der Waals surface area contributed by atoms with Gasteiger partial charge in [-0.15, -0.1) is 0 Å². The van der Waals surface area contributed by atoms with Gasteiger partial charge in [-0.25, -0.2) is 0 Å². The highest BCUT2D eigenvalue weighted by Crippen LogP contribution is 2.53. The summed E-state index contributed by atoms with van der Waals surface area (Å²) >= 11 is 0. The number of ether oxygens (including phenoxy) is 6. The molecule has 6 unspecified atom stereocenters. The number of aliphatic hydroxyl groups is 5. The molecule has 1 fully saturated rings. The van der Waals surface area contributed by atoms with Crippen molar-refractivity contribution in [3.63, 3.8) is 0 Å². The second kappa shape index (κ2) is 11.7. The van der Waals surface area contributed by atoms with E-state index in [0.717, 1.165) is 11.1 Å². The first-order chi connectivity index (χ1) is 17.9. The van der Waals surface area contributed by atoms with Crippen LogP contribution < -0.4 is 23.7 Å². The monoisotopic (exact) mass is 522 g/mol. The summed E-state index contributed by atoms with van der Waals surface area (Å²) in [4.78, 5) is 0. The lowest BCUT2D eigenvalue weighted by Crippen LogP contribution is -2.54. The molecule has 11 heteroatoms. The van der Waals surface area contributed by atoms with E-state index in [1.54, 1.807) is 19.2 Å². The largest absolute Gasteiger partial charge is 0.493 e. The minimum Gasteiger partial charge on any atom is -0.493 e. The number of hydrogen-bond acceptors (Lipinski definition) is 11. The van der Waals surface area contributed by atoms with E-state index in [2.05, 4.69) is 0 Å². The zero-order valence-electron chi connectivity index (χ0n) is 21.0. The molecule has 204 valence electrons. The molecular weight excluding hydrogens is 488 g/mol. The molecule has 2 heterocycles. The van der Waals surface area contributed by atoms with Gasteiger partial charge in [0.05, 0.1) is 40.5 Å². The maximum Gasteiger partial charge on any atom is 0.229 e. The average Bonchev–Trinajstić information content (AvgIpc) is 3.30. The maximum atomic E-state index is 10.3. The molecule has 4 rings (SSSR count). The molecule has 6 atom stereocenters. The smallest absolute Gasteiger partial charge is 0.229 e. The molecule has 2 aromatic carbocycles. The van der Waals surface area contributed by atoms with Gasteiger partial charge in [0.15, 0.2) is 23.0 Å². The normalized spacial score (nSPS) is 26.8. The van der Waals surface area contributed by atoms with E-state index < -0.39 is 36.6 Å². The van der Waals surface area contributed by atoms with Gasteiger partial charge in [-0.2, -0.15) is 0 Å². The third kappa shape index (κ3) is 5.28. The molecule has 0 aliphatic carbocycles. The number of hydrogen-bond donors (Lipinski definition) is 5. The van der Waals surface area contributed by atoms with Crippen molar-refractivity contribution >= 4 is 0 Å². The van der Waals surface area contributed by atoms with Crippen LogP contribution in [0.15, 0.2) is 24.3 Å². The third-order valence-electron chi connectivity index (χ3n) is 6.69. The van der Waals surface area contributed by atoms with Gasteiger partial charge in [0.25, 0.3) is 0 Å². The topological polar surface area (TPSA) is 157 Å². The Balaban J connectivity index is 1.68. The van der Waals surface area contributed by atoms with Crippen LogP contribution in [0.25, 0.3) is 0 Å². The molecule has 0 saturated carbocycles. The summed E-state index contributed by atoms with van der Waals surface area (Å²) in [5.41, 5.74) is 2.39. The Kier molecular flexibility index (Phi) is 8.63. The Labute approximate surface area is 214 Å². The maximum absolute atomic E-state index is 10.3. The molecule has 2 aromatic rings. The first-order valence-electron chi connectivity index (χ1n) is 12.0. The fraction of sp³-hybridized carbons (Fsp3) is 0.538. The molecule has 2 aliphatic rings. The molecule has 11 nitrogen and oxygen atoms in total. The van der Waals surface area contributed by atoms with Crippen molar-refractivity contribution in [2.24, 2.45) is 0 Å². The van der Waals surface area contributed by atoms with Crippen LogP contribution in [0.5, 0.6) is 28.7 Å². The molecule has 0 amide bonds. The van der Waals surface area contributed by atoms with Crippen molar-refractivity contribution in [1.82, 2.24) is 0 Å². The SMILES string of the molecule is COc1cc(C2Oc3c(OC)cc(CCCO)cc3C2CO)cc(OC)c1OC1OCC(O)C(O)C1O. The summed E-state index contributed by atoms with van der Waals surface area (Å²) in [6, 6.07) is 7.18. The number of aryl methyl sites for hydroxylation is 1. The summed E-state index contributed by atoms with van der Waals surface area (Å²) in [7, 11) is 4.42. The minimum atomic E-state index is -1.50. The van der Waals surface area contributed by atoms with Crippen molar-refractivity contribution in [2.75, 3.05) is 41.2 Å². The Hall–Kier alpha value is -2.80. The number of benzene rings is 2. The van der Waals surface area contributed by atoms with Gasteiger partial charge in [-0.05, 0) is 36.6 Å². The van der Waals surface area contributed by atoms with E-state index in [1.165, 1.54) is 14.2 Å². The Morgan fingerprint density at radius 3 is 2.16 bits per heavy atom. The first-order valence-corrected chi connectivity index (χ1v) is 12.0. The van der Waals surface area contributed by atoms with E-state index in [9.17, 15) is 25.5 Å². The summed E-state index contributed by atoms with van der Waals surface area (Å²) < 4.78 is 34.1. The Morgan fingerprint density at radius 1 is 0.892 bits per heavy atom. The molecule has 0 radical (unpaired) electrons. The van der Waals surface area contributed by atoms with Crippen LogP contribution in [0.1, 0.15) is 35.1 Å². The van der Waals surface area contributed by atoms with E-state index >= 15 is 0 Å². The summed E-state index contributed by atoms with van der Waals surface area (Å²) in [6.45, 7) is -0.353. The molecule has 0 bridgehead atoms. The summed E-state index contributed by atoms with van der Waals surface area (Å²) in [6.07, 6.45) is -4.81. The van der Waals surface area contributed by atoms with Crippen LogP contribution in [-0.4, -0.2) is 91.3 Å². The lowest BCUT2D eigenvalue weighted by molar-refractivity contribution is -0.242. The van der Waals surface area contributed by atoms with Crippen molar-refractivity contribution in [2.45, 2.75) is 49.5 Å². The highest BCUT2D eigenvalue weighted by Gasteiger charge is 2.41. The van der Waals surface area contributed by atoms with Crippen LogP contribution in [0.3, 0.4) is 0 Å². The van der Waals surface area contributed by atoms with E-state index in [4.69, 9.17) is 28.4 Å². The second-order valence-corrected chi connectivity index (χ2v) is 8.99. The van der Waals surface area contributed by atoms with Crippen molar-refractivity contribution in [3.05, 3.63) is 41.0 Å². The number of fused-ring (bicyclic) bond motifs is 1. The second-order valence-electron chi connectivity index (χ2n) is 8.99. The van der Waals surface area contributed by atoms with Crippen molar-refractivity contribution in [3.8, 4) is 28.7 Å². The zero-order valence-corrected chi connectivity index (χ0v) is 21.0. The van der Waals surface area contributed by atoms with E-state index in [1.807, 2.05) is 12.1 Å². The number of rotatable bonds is 10. The lowest BCUT2D eigenvalue weighted by Gasteiger charge is -2.35. The Morgan fingerprint density at radius 2 is 1.57 bits per heavy atom. The molecular formula is C26H34O11. The van der Waals surface area contributed by atoms with Crippen LogP contribution >= 0.6 is 0 Å². The van der Waals surface area contributed by atoms with Gasteiger partial charge in [0.1, 0.15) is 24.4 Å². The Bertz CT molecular complexity index is 1050. The minimum absolute atomic E-state index is 0.0679. The quantitative estimate of drug-likeness (QED) is 0.299. The molecule has 0 spiro atoms. The fourth-order valence-corrected chi connectivity index (χ4v) is 4.71. The van der Waals surface area contributed by atoms with E-state index in [-0.39, 0.29) is 37.1 Å². The number of methoxy groups -OCH3 is 3. The molecule has 0 aromatic heterocycles. The molecule has 2 aliphatic heterocycles. The standard InChI is InChI=1S/C26H34O11/c1-32-18-8-13(5-4-6-27)7-15-16(11-28)23(36-24(15)18)14-9-19(33-2)25(20(10-14)34-3)37-26-22(31)21(30)17(29)12-35-26/h7-10,16-17,21-23,26-31H,4-6,11-12H2,1-3H3. The van der Waals surface area contributed by atoms with Gasteiger partial charge in [0, 0.05) is 17.7 Å². The fourth-order valence-electron chi connectivity index (χ4n) is 4.71. The molecule has 1 saturated heterocycles. The van der Waals surface area contributed by atoms with Crippen LogP contribution in [0, 0.1) is 0 Å². The van der Waals surface area contributed by atoms with Gasteiger partial charge in [0.2, 0.25) is 12.0 Å². The predicted octanol–water partition coefficient (Wildman–Crippen LogP) is 0.665. The third-order valence-corrected chi connectivity index (χ3v) is 6.69. The van der Waals surface area contributed by atoms with Crippen molar-refractivity contribution in [1.29, 1.82) is 0 Å². The van der Waals surface area contributed by atoms with Crippen LogP contribution in [-0.2, 0) is 11.2 Å².